The number of nitrogens with zero attached hydrogens (tertiary/aromatic N) is 1. The van der Waals surface area contributed by atoms with Crippen LogP contribution in [0.4, 0.5) is 11.4 Å². The fourth-order valence-electron chi connectivity index (χ4n) is 2.54. The number of aryl methyl sites for hydroxylation is 1. The van der Waals surface area contributed by atoms with E-state index in [2.05, 4.69) is 15.8 Å². The lowest BCUT2D eigenvalue weighted by Crippen LogP contribution is -2.19. The van der Waals surface area contributed by atoms with Gasteiger partial charge < -0.3 is 10.4 Å². The summed E-state index contributed by atoms with van der Waals surface area (Å²) < 4.78 is 0. The van der Waals surface area contributed by atoms with Crippen molar-refractivity contribution in [1.29, 1.82) is 0 Å². The van der Waals surface area contributed by atoms with Gasteiger partial charge in [-0.25, -0.2) is 4.79 Å². The molecule has 1 aliphatic heterocycles. The standard InChI is InChI=1S/C18H17N3O3/c1-11(20-21-15-4-2-3-14(10-15)18(23)24)12-5-7-16-13(9-12)6-8-17(22)19-16/h2-5,7,9-10,21H,6,8H2,1H3,(H,19,22)(H,23,24)/b20-11-. The molecule has 1 aliphatic rings. The highest BCUT2D eigenvalue weighted by atomic mass is 16.4. The second kappa shape index (κ2) is 6.54. The van der Waals surface area contributed by atoms with Crippen molar-refractivity contribution in [2.75, 3.05) is 10.7 Å². The highest BCUT2D eigenvalue weighted by Gasteiger charge is 2.15. The Hall–Kier alpha value is -3.15. The summed E-state index contributed by atoms with van der Waals surface area (Å²) in [5, 5.41) is 16.2. The zero-order chi connectivity index (χ0) is 17.1. The number of hydrogen-bond acceptors (Lipinski definition) is 4. The summed E-state index contributed by atoms with van der Waals surface area (Å²) in [4.78, 5) is 22.4. The number of amides is 1. The van der Waals surface area contributed by atoms with Gasteiger partial charge in [0, 0.05) is 12.1 Å². The molecule has 6 heteroatoms. The van der Waals surface area contributed by atoms with E-state index in [1.165, 1.54) is 12.1 Å². The molecule has 0 radical (unpaired) electrons. The van der Waals surface area contributed by atoms with E-state index in [1.807, 2.05) is 25.1 Å². The maximum Gasteiger partial charge on any atom is 0.335 e. The first-order chi connectivity index (χ1) is 11.5. The van der Waals surface area contributed by atoms with Crippen LogP contribution in [-0.2, 0) is 11.2 Å². The van der Waals surface area contributed by atoms with Gasteiger partial charge in [-0.3, -0.25) is 10.2 Å². The largest absolute Gasteiger partial charge is 0.478 e. The van der Waals surface area contributed by atoms with Gasteiger partial charge in [0.05, 0.1) is 17.0 Å². The van der Waals surface area contributed by atoms with Crippen molar-refractivity contribution in [3.05, 3.63) is 59.2 Å². The maximum absolute atomic E-state index is 11.4. The number of carbonyl (C=O) groups excluding carboxylic acids is 1. The van der Waals surface area contributed by atoms with E-state index >= 15 is 0 Å². The molecule has 1 amide bonds. The molecule has 6 nitrogen and oxygen atoms in total. The van der Waals surface area contributed by atoms with E-state index in [9.17, 15) is 9.59 Å². The Bertz CT molecular complexity index is 843. The highest BCUT2D eigenvalue weighted by Crippen LogP contribution is 2.24. The Morgan fingerprint density at radius 1 is 1.17 bits per heavy atom. The highest BCUT2D eigenvalue weighted by molar-refractivity contribution is 6.01. The molecule has 2 aromatic carbocycles. The Morgan fingerprint density at radius 3 is 2.79 bits per heavy atom. The lowest BCUT2D eigenvalue weighted by Gasteiger charge is -2.17. The average Bonchev–Trinajstić information content (AvgIpc) is 2.59. The molecule has 0 saturated carbocycles. The average molecular weight is 323 g/mol. The molecule has 122 valence electrons. The molecule has 0 aromatic heterocycles. The number of benzene rings is 2. The molecule has 0 unspecified atom stereocenters. The van der Waals surface area contributed by atoms with E-state index in [-0.39, 0.29) is 11.5 Å². The van der Waals surface area contributed by atoms with Gasteiger partial charge in [-0.05, 0) is 54.8 Å². The number of hydrazone groups is 1. The monoisotopic (exact) mass is 323 g/mol. The number of carbonyl (C=O) groups is 2. The van der Waals surface area contributed by atoms with Gasteiger partial charge in [0.1, 0.15) is 0 Å². The Balaban J connectivity index is 1.78. The molecule has 0 fully saturated rings. The Kier molecular flexibility index (Phi) is 4.29. The van der Waals surface area contributed by atoms with E-state index in [0.29, 0.717) is 12.1 Å². The van der Waals surface area contributed by atoms with Gasteiger partial charge >= 0.3 is 5.97 Å². The topological polar surface area (TPSA) is 90.8 Å². The first-order valence-electron chi connectivity index (χ1n) is 7.60. The fourth-order valence-corrected chi connectivity index (χ4v) is 2.54. The van der Waals surface area contributed by atoms with E-state index in [4.69, 9.17) is 5.11 Å². The van der Waals surface area contributed by atoms with Crippen LogP contribution in [0.1, 0.15) is 34.8 Å². The van der Waals surface area contributed by atoms with Crippen LogP contribution in [0.5, 0.6) is 0 Å². The number of aromatic carboxylic acids is 1. The molecule has 1 heterocycles. The van der Waals surface area contributed by atoms with Crippen molar-refractivity contribution >= 4 is 29.0 Å². The van der Waals surface area contributed by atoms with Crippen LogP contribution in [-0.4, -0.2) is 22.7 Å². The first kappa shape index (κ1) is 15.7. The number of carboxylic acid groups (broad SMARTS) is 1. The van der Waals surface area contributed by atoms with Gasteiger partial charge in [-0.15, -0.1) is 0 Å². The predicted octanol–water partition coefficient (Wildman–Crippen LogP) is 3.11. The lowest BCUT2D eigenvalue weighted by molar-refractivity contribution is -0.116. The molecule has 0 saturated heterocycles. The second-order valence-electron chi connectivity index (χ2n) is 5.62. The van der Waals surface area contributed by atoms with Crippen LogP contribution in [0.3, 0.4) is 0 Å². The summed E-state index contributed by atoms with van der Waals surface area (Å²) >= 11 is 0. The van der Waals surface area contributed by atoms with Gasteiger partial charge in [0.2, 0.25) is 5.91 Å². The molecule has 3 N–H and O–H groups in total. The molecular formula is C18H17N3O3. The maximum atomic E-state index is 11.4. The number of hydrogen-bond donors (Lipinski definition) is 3. The van der Waals surface area contributed by atoms with Crippen molar-refractivity contribution in [2.45, 2.75) is 19.8 Å². The molecule has 24 heavy (non-hydrogen) atoms. The van der Waals surface area contributed by atoms with Crippen LogP contribution >= 0.6 is 0 Å². The zero-order valence-corrected chi connectivity index (χ0v) is 13.2. The molecule has 0 atom stereocenters. The van der Waals surface area contributed by atoms with Crippen molar-refractivity contribution < 1.29 is 14.7 Å². The third-order valence-electron chi connectivity index (χ3n) is 3.88. The summed E-state index contributed by atoms with van der Waals surface area (Å²) in [7, 11) is 0. The van der Waals surface area contributed by atoms with Gasteiger partial charge in [-0.1, -0.05) is 12.1 Å². The van der Waals surface area contributed by atoms with Crippen LogP contribution in [0.2, 0.25) is 0 Å². The van der Waals surface area contributed by atoms with Crippen LogP contribution < -0.4 is 10.7 Å². The SMILES string of the molecule is C/C(=N/Nc1cccc(C(=O)O)c1)c1ccc2c(c1)CCC(=O)N2. The van der Waals surface area contributed by atoms with Crippen LogP contribution in [0.25, 0.3) is 0 Å². The number of anilines is 2. The quantitative estimate of drug-likeness (QED) is 0.595. The summed E-state index contributed by atoms with van der Waals surface area (Å²) in [6.07, 6.45) is 1.21. The van der Waals surface area contributed by atoms with Gasteiger partial charge in [0.25, 0.3) is 0 Å². The van der Waals surface area contributed by atoms with Gasteiger partial charge in [-0.2, -0.15) is 5.10 Å². The molecule has 0 bridgehead atoms. The molecule has 0 spiro atoms. The van der Waals surface area contributed by atoms with Crippen molar-refractivity contribution in [1.82, 2.24) is 0 Å². The summed E-state index contributed by atoms with van der Waals surface area (Å²) in [6.45, 7) is 1.87. The first-order valence-corrected chi connectivity index (χ1v) is 7.60. The summed E-state index contributed by atoms with van der Waals surface area (Å²) in [5.74, 6) is -0.934. The van der Waals surface area contributed by atoms with Crippen molar-refractivity contribution in [3.63, 3.8) is 0 Å². The second-order valence-corrected chi connectivity index (χ2v) is 5.62. The minimum atomic E-state index is -0.976. The van der Waals surface area contributed by atoms with Crippen LogP contribution in [0.15, 0.2) is 47.6 Å². The van der Waals surface area contributed by atoms with Crippen molar-refractivity contribution in [3.8, 4) is 0 Å². The number of nitrogens with one attached hydrogen (secondary N) is 2. The van der Waals surface area contributed by atoms with Crippen molar-refractivity contribution in [2.24, 2.45) is 5.10 Å². The van der Waals surface area contributed by atoms with Crippen LogP contribution in [0, 0.1) is 0 Å². The fraction of sp³-hybridized carbons (Fsp3) is 0.167. The Morgan fingerprint density at radius 2 is 2.00 bits per heavy atom. The molecule has 2 aromatic rings. The number of fused-ring (bicyclic) bond motifs is 1. The number of carboxylic acids is 1. The van der Waals surface area contributed by atoms with Gasteiger partial charge in [0.15, 0.2) is 0 Å². The third-order valence-corrected chi connectivity index (χ3v) is 3.88. The zero-order valence-electron chi connectivity index (χ0n) is 13.2. The summed E-state index contributed by atoms with van der Waals surface area (Å²) in [6, 6.07) is 12.3. The van der Waals surface area contributed by atoms with E-state index < -0.39 is 5.97 Å². The van der Waals surface area contributed by atoms with E-state index in [0.717, 1.165) is 28.9 Å². The smallest absolute Gasteiger partial charge is 0.335 e. The van der Waals surface area contributed by atoms with E-state index in [1.54, 1.807) is 12.1 Å². The predicted molar refractivity (Wildman–Crippen MR) is 92.6 cm³/mol. The minimum Gasteiger partial charge on any atom is -0.478 e. The summed E-state index contributed by atoms with van der Waals surface area (Å²) in [5.41, 5.74) is 7.36. The normalized spacial score (nSPS) is 13.9. The molecular weight excluding hydrogens is 306 g/mol. The third kappa shape index (κ3) is 3.43. The molecule has 3 rings (SSSR count). The Labute approximate surface area is 139 Å². The molecule has 0 aliphatic carbocycles. The minimum absolute atomic E-state index is 0.0422. The lowest BCUT2D eigenvalue weighted by atomic mass is 9.99. The number of rotatable bonds is 4.